The maximum Gasteiger partial charge on any atom is 0.222 e. The summed E-state index contributed by atoms with van der Waals surface area (Å²) in [6, 6.07) is 11.4. The Morgan fingerprint density at radius 1 is 0.862 bits per heavy atom. The number of fused-ring (bicyclic) bond motifs is 1. The van der Waals surface area contributed by atoms with Crippen LogP contribution < -0.4 is 5.62 Å². The fourth-order valence-electron chi connectivity index (χ4n) is 5.30. The number of piperidine rings is 1. The molecule has 2 heterocycles. The molecule has 0 unspecified atom stereocenters. The Bertz CT molecular complexity index is 969. The standard InChI is InChI=1S/C23H30N6/c24-14-17-28-21-10-6-7-11-22(21)29(23(28)26-18-25)20-12-15-27(16-13-20)19-8-4-2-1-3-5-9-19/h6-7,10-11,19-20H,1-5,8-9,12-13,15-17H2. The quantitative estimate of drug-likeness (QED) is 0.741. The maximum atomic E-state index is 9.30. The first-order valence-corrected chi connectivity index (χ1v) is 11.1. The molecule has 1 aliphatic heterocycles. The van der Waals surface area contributed by atoms with E-state index in [0.29, 0.717) is 11.7 Å². The summed E-state index contributed by atoms with van der Waals surface area (Å²) in [6.45, 7) is 2.41. The summed E-state index contributed by atoms with van der Waals surface area (Å²) in [6.07, 6.45) is 13.7. The lowest BCUT2D eigenvalue weighted by Gasteiger charge is -2.39. The molecule has 0 amide bonds. The minimum Gasteiger partial charge on any atom is -0.306 e. The number of hydrogen-bond donors (Lipinski definition) is 0. The van der Waals surface area contributed by atoms with Gasteiger partial charge in [0, 0.05) is 25.2 Å². The summed E-state index contributed by atoms with van der Waals surface area (Å²) in [4.78, 5) is 6.84. The molecule has 6 nitrogen and oxygen atoms in total. The van der Waals surface area contributed by atoms with Crippen molar-refractivity contribution in [1.82, 2.24) is 14.0 Å². The zero-order valence-electron chi connectivity index (χ0n) is 17.1. The highest BCUT2D eigenvalue weighted by molar-refractivity contribution is 5.76. The number of aromatic nitrogens is 2. The van der Waals surface area contributed by atoms with E-state index >= 15 is 0 Å². The van der Waals surface area contributed by atoms with Crippen LogP contribution in [-0.2, 0) is 6.54 Å². The highest BCUT2D eigenvalue weighted by atomic mass is 15.2. The van der Waals surface area contributed by atoms with Crippen LogP contribution in [-0.4, -0.2) is 33.2 Å². The molecule has 0 N–H and O–H groups in total. The number of benzene rings is 1. The van der Waals surface area contributed by atoms with E-state index in [-0.39, 0.29) is 6.54 Å². The summed E-state index contributed by atoms with van der Waals surface area (Å²) < 4.78 is 4.09. The van der Waals surface area contributed by atoms with Crippen molar-refractivity contribution in [3.63, 3.8) is 0 Å². The van der Waals surface area contributed by atoms with Gasteiger partial charge in [-0.2, -0.15) is 10.5 Å². The largest absolute Gasteiger partial charge is 0.306 e. The molecule has 0 spiro atoms. The van der Waals surface area contributed by atoms with Gasteiger partial charge in [-0.1, -0.05) is 44.2 Å². The van der Waals surface area contributed by atoms with Crippen LogP contribution in [0.15, 0.2) is 29.3 Å². The highest BCUT2D eigenvalue weighted by Crippen LogP contribution is 2.29. The molecule has 0 radical (unpaired) electrons. The summed E-state index contributed by atoms with van der Waals surface area (Å²) in [5, 5.41) is 18.6. The van der Waals surface area contributed by atoms with E-state index in [4.69, 9.17) is 0 Å². The second-order valence-corrected chi connectivity index (χ2v) is 8.38. The molecule has 0 bridgehead atoms. The predicted molar refractivity (Wildman–Crippen MR) is 113 cm³/mol. The van der Waals surface area contributed by atoms with Crippen LogP contribution in [0.5, 0.6) is 0 Å². The molecule has 0 atom stereocenters. The van der Waals surface area contributed by atoms with Crippen molar-refractivity contribution in [3.8, 4) is 12.3 Å². The number of nitrogens with zero attached hydrogens (tertiary/aromatic N) is 6. The molecule has 2 fully saturated rings. The van der Waals surface area contributed by atoms with Gasteiger partial charge in [-0.3, -0.25) is 4.57 Å². The van der Waals surface area contributed by atoms with Crippen molar-refractivity contribution < 1.29 is 0 Å². The number of imidazole rings is 1. The monoisotopic (exact) mass is 390 g/mol. The lowest BCUT2D eigenvalue weighted by molar-refractivity contribution is 0.115. The molecule has 2 aliphatic rings. The first kappa shape index (κ1) is 19.7. The van der Waals surface area contributed by atoms with Crippen LogP contribution in [0.3, 0.4) is 0 Å². The van der Waals surface area contributed by atoms with Gasteiger partial charge in [0.15, 0.2) is 0 Å². The lowest BCUT2D eigenvalue weighted by Crippen LogP contribution is -2.43. The van der Waals surface area contributed by atoms with Gasteiger partial charge in [0.25, 0.3) is 0 Å². The van der Waals surface area contributed by atoms with Gasteiger partial charge in [0.05, 0.1) is 17.1 Å². The molecule has 4 rings (SSSR count). The average Bonchev–Trinajstić information content (AvgIpc) is 3.02. The first-order valence-electron chi connectivity index (χ1n) is 11.1. The summed E-state index contributed by atoms with van der Waals surface area (Å²) in [5.41, 5.74) is 2.66. The molecular formula is C23H30N6. The SMILES string of the molecule is N#CCn1c(=NC#N)n(C2CCN(C3CCCCCCC3)CC2)c2ccccc21. The number of rotatable bonds is 3. The van der Waals surface area contributed by atoms with Crippen molar-refractivity contribution >= 4 is 11.0 Å². The summed E-state index contributed by atoms with van der Waals surface area (Å²) in [5.74, 6) is 0. The van der Waals surface area contributed by atoms with Gasteiger partial charge in [-0.25, -0.2) is 0 Å². The fourth-order valence-corrected chi connectivity index (χ4v) is 5.30. The van der Waals surface area contributed by atoms with Gasteiger partial charge in [-0.05, 0) is 37.8 Å². The Kier molecular flexibility index (Phi) is 6.32. The third-order valence-corrected chi connectivity index (χ3v) is 6.72. The van der Waals surface area contributed by atoms with E-state index in [2.05, 4.69) is 26.6 Å². The highest BCUT2D eigenvalue weighted by Gasteiger charge is 2.28. The third kappa shape index (κ3) is 4.09. The van der Waals surface area contributed by atoms with Crippen molar-refractivity contribution in [1.29, 1.82) is 10.5 Å². The van der Waals surface area contributed by atoms with E-state index in [1.165, 1.54) is 44.9 Å². The Morgan fingerprint density at radius 2 is 1.52 bits per heavy atom. The van der Waals surface area contributed by atoms with Gasteiger partial charge in [0.1, 0.15) is 6.54 Å². The zero-order chi connectivity index (χ0) is 20.1. The number of nitriles is 2. The minimum absolute atomic E-state index is 0.203. The zero-order valence-corrected chi connectivity index (χ0v) is 17.1. The van der Waals surface area contributed by atoms with Crippen LogP contribution in [0.4, 0.5) is 0 Å². The molecular weight excluding hydrogens is 360 g/mol. The second kappa shape index (κ2) is 9.29. The van der Waals surface area contributed by atoms with E-state index < -0.39 is 0 Å². The first-order chi connectivity index (χ1) is 14.3. The van der Waals surface area contributed by atoms with E-state index in [1.54, 1.807) is 0 Å². The molecule has 152 valence electrons. The second-order valence-electron chi connectivity index (χ2n) is 8.38. The van der Waals surface area contributed by atoms with Crippen molar-refractivity contribution in [2.45, 2.75) is 76.4 Å². The van der Waals surface area contributed by atoms with E-state index in [9.17, 15) is 10.5 Å². The van der Waals surface area contributed by atoms with Crippen LogP contribution in [0.25, 0.3) is 11.0 Å². The molecule has 1 saturated heterocycles. The molecule has 29 heavy (non-hydrogen) atoms. The normalized spacial score (nSPS) is 20.8. The van der Waals surface area contributed by atoms with Crippen LogP contribution in [0.1, 0.15) is 63.8 Å². The Hall–Kier alpha value is -2.57. The number of hydrogen-bond acceptors (Lipinski definition) is 4. The maximum absolute atomic E-state index is 9.30. The summed E-state index contributed by atoms with van der Waals surface area (Å²) >= 11 is 0. The minimum atomic E-state index is 0.203. The number of likely N-dealkylation sites (tertiary alicyclic amines) is 1. The van der Waals surface area contributed by atoms with Gasteiger partial charge >= 0.3 is 0 Å². The molecule has 1 aromatic carbocycles. The Labute approximate surface area is 172 Å². The summed E-state index contributed by atoms with van der Waals surface area (Å²) in [7, 11) is 0. The van der Waals surface area contributed by atoms with Crippen molar-refractivity contribution in [2.75, 3.05) is 13.1 Å². The number of para-hydroxylation sites is 2. The van der Waals surface area contributed by atoms with Gasteiger partial charge in [-0.15, -0.1) is 4.99 Å². The van der Waals surface area contributed by atoms with Crippen LogP contribution in [0.2, 0.25) is 0 Å². The lowest BCUT2D eigenvalue weighted by atomic mass is 9.93. The Balaban J connectivity index is 1.60. The molecule has 1 aliphatic carbocycles. The fraction of sp³-hybridized carbons (Fsp3) is 0.609. The van der Waals surface area contributed by atoms with E-state index in [0.717, 1.165) is 43.0 Å². The predicted octanol–water partition coefficient (Wildman–Crippen LogP) is 4.10. The Morgan fingerprint density at radius 3 is 2.17 bits per heavy atom. The van der Waals surface area contributed by atoms with Gasteiger partial charge in [0.2, 0.25) is 11.8 Å². The molecule has 2 aromatic rings. The molecule has 1 aromatic heterocycles. The van der Waals surface area contributed by atoms with E-state index in [1.807, 2.05) is 29.0 Å². The van der Waals surface area contributed by atoms with Crippen LogP contribution >= 0.6 is 0 Å². The van der Waals surface area contributed by atoms with Gasteiger partial charge < -0.3 is 9.47 Å². The molecule has 1 saturated carbocycles. The third-order valence-electron chi connectivity index (χ3n) is 6.72. The smallest absolute Gasteiger partial charge is 0.222 e. The van der Waals surface area contributed by atoms with Crippen molar-refractivity contribution in [2.24, 2.45) is 4.99 Å². The molecule has 6 heteroatoms. The van der Waals surface area contributed by atoms with Crippen LogP contribution in [0, 0.1) is 22.8 Å². The van der Waals surface area contributed by atoms with Crippen molar-refractivity contribution in [3.05, 3.63) is 29.9 Å². The average molecular weight is 391 g/mol. The topological polar surface area (TPSA) is 73.0 Å².